The number of carbonyl (C=O) groups is 1. The second-order valence-electron chi connectivity index (χ2n) is 7.67. The van der Waals surface area contributed by atoms with Crippen LogP contribution in [-0.2, 0) is 9.47 Å². The van der Waals surface area contributed by atoms with Gasteiger partial charge in [-0.05, 0) is 19.1 Å². The first kappa shape index (κ1) is 21.2. The molecular weight excluding hydrogens is 358 g/mol. The maximum absolute atomic E-state index is 13.1. The van der Waals surface area contributed by atoms with E-state index in [4.69, 9.17) is 9.47 Å². The van der Waals surface area contributed by atoms with Crippen LogP contribution in [0.1, 0.15) is 17.3 Å². The van der Waals surface area contributed by atoms with Gasteiger partial charge in [-0.25, -0.2) is 0 Å². The van der Waals surface area contributed by atoms with Crippen molar-refractivity contribution in [3.63, 3.8) is 0 Å². The second-order valence-corrected chi connectivity index (χ2v) is 7.67. The summed E-state index contributed by atoms with van der Waals surface area (Å²) in [4.78, 5) is 19.6. The molecule has 2 heterocycles. The van der Waals surface area contributed by atoms with Crippen molar-refractivity contribution >= 4 is 5.91 Å². The Kier molecular flexibility index (Phi) is 8.24. The molecule has 2 atom stereocenters. The molecule has 1 aromatic rings. The molecule has 3 rings (SSSR count). The molecule has 1 aromatic carbocycles. The van der Waals surface area contributed by atoms with Crippen molar-refractivity contribution in [3.8, 4) is 0 Å². The van der Waals surface area contributed by atoms with Gasteiger partial charge in [0, 0.05) is 57.9 Å². The maximum atomic E-state index is 13.1. The highest BCUT2D eigenvalue weighted by atomic mass is 16.5. The van der Waals surface area contributed by atoms with Crippen molar-refractivity contribution in [2.24, 2.45) is 0 Å². The lowest BCUT2D eigenvalue weighted by Gasteiger charge is -2.37. The van der Waals surface area contributed by atoms with Gasteiger partial charge in [0.05, 0.1) is 32.0 Å². The van der Waals surface area contributed by atoms with E-state index >= 15 is 0 Å². The van der Waals surface area contributed by atoms with E-state index in [2.05, 4.69) is 9.80 Å². The number of β-amino-alcohol motifs (C(OH)–C–C–N with tert-alkyl or cyclic N) is 1. The molecule has 1 amide bonds. The van der Waals surface area contributed by atoms with Gasteiger partial charge in [0.15, 0.2) is 0 Å². The summed E-state index contributed by atoms with van der Waals surface area (Å²) in [5, 5.41) is 9.68. The lowest BCUT2D eigenvalue weighted by molar-refractivity contribution is -0.0501. The standard InChI is InChI=1S/C21H33N3O4/c1-18(25)15-23-11-14-28-20(16-23)17-24(8-7-22-9-12-27-13-10-22)21(26)19-5-3-2-4-6-19/h2-6,18,20,25H,7-17H2,1H3. The van der Waals surface area contributed by atoms with Crippen molar-refractivity contribution in [2.75, 3.05) is 72.2 Å². The Balaban J connectivity index is 1.62. The second kappa shape index (κ2) is 10.9. The molecule has 0 saturated carbocycles. The molecule has 0 aromatic heterocycles. The van der Waals surface area contributed by atoms with E-state index in [1.807, 2.05) is 35.2 Å². The van der Waals surface area contributed by atoms with Crippen LogP contribution in [0.25, 0.3) is 0 Å². The number of aliphatic hydroxyl groups is 1. The van der Waals surface area contributed by atoms with Crippen LogP contribution < -0.4 is 0 Å². The van der Waals surface area contributed by atoms with E-state index in [0.29, 0.717) is 31.8 Å². The number of rotatable bonds is 8. The van der Waals surface area contributed by atoms with E-state index in [-0.39, 0.29) is 18.1 Å². The van der Waals surface area contributed by atoms with Crippen LogP contribution in [0, 0.1) is 0 Å². The number of aliphatic hydroxyl groups excluding tert-OH is 1. The average molecular weight is 392 g/mol. The fourth-order valence-electron chi connectivity index (χ4n) is 3.80. The molecular formula is C21H33N3O4. The molecule has 1 N–H and O–H groups in total. The smallest absolute Gasteiger partial charge is 0.253 e. The molecule has 7 nitrogen and oxygen atoms in total. The molecule has 2 fully saturated rings. The van der Waals surface area contributed by atoms with Crippen LogP contribution in [0.5, 0.6) is 0 Å². The summed E-state index contributed by atoms with van der Waals surface area (Å²) in [6, 6.07) is 9.45. The third kappa shape index (κ3) is 6.53. The lowest BCUT2D eigenvalue weighted by Crippen LogP contribution is -2.51. The Labute approximate surface area is 167 Å². The number of carbonyl (C=O) groups excluding carboxylic acids is 1. The Bertz CT molecular complexity index is 593. The molecule has 2 unspecified atom stereocenters. The van der Waals surface area contributed by atoms with Gasteiger partial charge in [-0.15, -0.1) is 0 Å². The summed E-state index contributed by atoms with van der Waals surface area (Å²) >= 11 is 0. The normalized spacial score (nSPS) is 22.7. The monoisotopic (exact) mass is 391 g/mol. The van der Waals surface area contributed by atoms with Crippen LogP contribution >= 0.6 is 0 Å². The summed E-state index contributed by atoms with van der Waals surface area (Å²) in [5.74, 6) is 0.0464. The highest BCUT2D eigenvalue weighted by molar-refractivity contribution is 5.94. The minimum absolute atomic E-state index is 0.0372. The maximum Gasteiger partial charge on any atom is 0.253 e. The molecule has 2 saturated heterocycles. The molecule has 28 heavy (non-hydrogen) atoms. The van der Waals surface area contributed by atoms with E-state index in [9.17, 15) is 9.90 Å². The predicted molar refractivity (Wildman–Crippen MR) is 107 cm³/mol. The fraction of sp³-hybridized carbons (Fsp3) is 0.667. The average Bonchev–Trinajstić information content (AvgIpc) is 2.72. The number of hydrogen-bond donors (Lipinski definition) is 1. The van der Waals surface area contributed by atoms with Gasteiger partial charge in [0.2, 0.25) is 0 Å². The number of morpholine rings is 2. The summed E-state index contributed by atoms with van der Waals surface area (Å²) in [6.45, 7) is 10.0. The molecule has 156 valence electrons. The highest BCUT2D eigenvalue weighted by Crippen LogP contribution is 2.12. The largest absolute Gasteiger partial charge is 0.392 e. The zero-order chi connectivity index (χ0) is 19.8. The summed E-state index contributed by atoms with van der Waals surface area (Å²) < 4.78 is 11.4. The predicted octanol–water partition coefficient (Wildman–Crippen LogP) is 0.543. The van der Waals surface area contributed by atoms with E-state index in [1.165, 1.54) is 0 Å². The summed E-state index contributed by atoms with van der Waals surface area (Å²) in [7, 11) is 0. The first-order valence-electron chi connectivity index (χ1n) is 10.3. The Morgan fingerprint density at radius 2 is 1.89 bits per heavy atom. The molecule has 0 aliphatic carbocycles. The molecule has 0 radical (unpaired) electrons. The zero-order valence-electron chi connectivity index (χ0n) is 16.8. The quantitative estimate of drug-likeness (QED) is 0.698. The SMILES string of the molecule is CC(O)CN1CCOC(CN(CCN2CCOCC2)C(=O)c2ccccc2)C1. The number of benzene rings is 1. The number of nitrogens with zero attached hydrogens (tertiary/aromatic N) is 3. The van der Waals surface area contributed by atoms with Crippen molar-refractivity contribution in [1.82, 2.24) is 14.7 Å². The highest BCUT2D eigenvalue weighted by Gasteiger charge is 2.26. The molecule has 0 bridgehead atoms. The van der Waals surface area contributed by atoms with Crippen molar-refractivity contribution in [3.05, 3.63) is 35.9 Å². The Hall–Kier alpha value is -1.51. The van der Waals surface area contributed by atoms with Gasteiger partial charge in [-0.1, -0.05) is 18.2 Å². The first-order valence-corrected chi connectivity index (χ1v) is 10.3. The third-order valence-electron chi connectivity index (χ3n) is 5.27. The van der Waals surface area contributed by atoms with Gasteiger partial charge in [0.25, 0.3) is 5.91 Å². The number of hydrogen-bond acceptors (Lipinski definition) is 6. The van der Waals surface area contributed by atoms with Crippen LogP contribution in [0.3, 0.4) is 0 Å². The number of ether oxygens (including phenoxy) is 2. The topological polar surface area (TPSA) is 65.5 Å². The van der Waals surface area contributed by atoms with E-state index < -0.39 is 0 Å². The fourth-order valence-corrected chi connectivity index (χ4v) is 3.80. The summed E-state index contributed by atoms with van der Waals surface area (Å²) in [6.07, 6.45) is -0.396. The Morgan fingerprint density at radius 3 is 2.61 bits per heavy atom. The van der Waals surface area contributed by atoms with Gasteiger partial charge < -0.3 is 19.5 Å². The van der Waals surface area contributed by atoms with Crippen molar-refractivity contribution < 1.29 is 19.4 Å². The Morgan fingerprint density at radius 1 is 1.18 bits per heavy atom. The van der Waals surface area contributed by atoms with Gasteiger partial charge in [-0.2, -0.15) is 0 Å². The van der Waals surface area contributed by atoms with Crippen LogP contribution in [0.4, 0.5) is 0 Å². The van der Waals surface area contributed by atoms with Crippen LogP contribution in [0.15, 0.2) is 30.3 Å². The lowest BCUT2D eigenvalue weighted by atomic mass is 10.1. The van der Waals surface area contributed by atoms with Crippen LogP contribution in [-0.4, -0.2) is 110 Å². The molecule has 7 heteroatoms. The first-order chi connectivity index (χ1) is 13.6. The minimum atomic E-state index is -0.359. The molecule has 0 spiro atoms. The third-order valence-corrected chi connectivity index (χ3v) is 5.27. The molecule has 2 aliphatic heterocycles. The number of amides is 1. The van der Waals surface area contributed by atoms with Crippen LogP contribution in [0.2, 0.25) is 0 Å². The van der Waals surface area contributed by atoms with Gasteiger partial charge in [-0.3, -0.25) is 14.6 Å². The minimum Gasteiger partial charge on any atom is -0.392 e. The molecule has 2 aliphatic rings. The van der Waals surface area contributed by atoms with Crippen molar-refractivity contribution in [1.29, 1.82) is 0 Å². The van der Waals surface area contributed by atoms with Gasteiger partial charge in [0.1, 0.15) is 0 Å². The summed E-state index contributed by atoms with van der Waals surface area (Å²) in [5.41, 5.74) is 0.709. The zero-order valence-corrected chi connectivity index (χ0v) is 16.8. The van der Waals surface area contributed by atoms with Crippen molar-refractivity contribution in [2.45, 2.75) is 19.1 Å². The van der Waals surface area contributed by atoms with E-state index in [0.717, 1.165) is 45.9 Å². The van der Waals surface area contributed by atoms with Gasteiger partial charge >= 0.3 is 0 Å². The van der Waals surface area contributed by atoms with E-state index in [1.54, 1.807) is 6.92 Å².